The van der Waals surface area contributed by atoms with Gasteiger partial charge in [0.15, 0.2) is 11.4 Å². The molecule has 0 aliphatic rings. The SMILES string of the molecule is COc1ccc2c(C(=O)c3ccc(C)cc3)c(C)n(Cc3ccc(/C=C/COC(C)(C)C(=O)O)cc3)c2c1. The molecule has 4 aromatic rings. The average molecular weight is 512 g/mol. The third kappa shape index (κ3) is 5.71. The quantitative estimate of drug-likeness (QED) is 0.248. The lowest BCUT2D eigenvalue weighted by atomic mass is 9.99. The van der Waals surface area contributed by atoms with Gasteiger partial charge in [0.1, 0.15) is 5.75 Å². The lowest BCUT2D eigenvalue weighted by Crippen LogP contribution is -2.34. The van der Waals surface area contributed by atoms with Gasteiger partial charge in [0.25, 0.3) is 0 Å². The van der Waals surface area contributed by atoms with Crippen molar-refractivity contribution in [3.63, 3.8) is 0 Å². The molecule has 196 valence electrons. The highest BCUT2D eigenvalue weighted by Crippen LogP contribution is 2.32. The van der Waals surface area contributed by atoms with E-state index in [1.165, 1.54) is 13.8 Å². The summed E-state index contributed by atoms with van der Waals surface area (Å²) < 4.78 is 13.1. The van der Waals surface area contributed by atoms with Crippen LogP contribution in [0.15, 0.2) is 72.8 Å². The maximum Gasteiger partial charge on any atom is 0.335 e. The number of aliphatic carboxylic acids is 1. The molecule has 1 N–H and O–H groups in total. The van der Waals surface area contributed by atoms with E-state index < -0.39 is 11.6 Å². The van der Waals surface area contributed by atoms with Crippen LogP contribution in [0.5, 0.6) is 5.75 Å². The maximum absolute atomic E-state index is 13.6. The number of ketones is 1. The molecular formula is C32H33NO5. The van der Waals surface area contributed by atoms with Gasteiger partial charge in [-0.25, -0.2) is 4.79 Å². The van der Waals surface area contributed by atoms with E-state index in [4.69, 9.17) is 14.6 Å². The van der Waals surface area contributed by atoms with Crippen molar-refractivity contribution in [2.45, 2.75) is 39.8 Å². The van der Waals surface area contributed by atoms with Crippen LogP contribution in [0.25, 0.3) is 17.0 Å². The Labute approximate surface area is 223 Å². The summed E-state index contributed by atoms with van der Waals surface area (Å²) in [7, 11) is 1.64. The van der Waals surface area contributed by atoms with E-state index in [1.807, 2.05) is 74.5 Å². The Bertz CT molecular complexity index is 1490. The summed E-state index contributed by atoms with van der Waals surface area (Å²) >= 11 is 0. The average Bonchev–Trinajstić information content (AvgIpc) is 3.17. The van der Waals surface area contributed by atoms with E-state index in [9.17, 15) is 9.59 Å². The first kappa shape index (κ1) is 26.9. The van der Waals surface area contributed by atoms with E-state index in [0.29, 0.717) is 17.7 Å². The van der Waals surface area contributed by atoms with Gasteiger partial charge in [-0.05, 0) is 51.0 Å². The molecule has 0 amide bonds. The van der Waals surface area contributed by atoms with Crippen molar-refractivity contribution in [2.75, 3.05) is 13.7 Å². The zero-order valence-corrected chi connectivity index (χ0v) is 22.4. The second-order valence-electron chi connectivity index (χ2n) is 9.90. The predicted octanol–water partition coefficient (Wildman–Crippen LogP) is 6.44. The van der Waals surface area contributed by atoms with Crippen LogP contribution in [-0.4, -0.2) is 40.7 Å². The van der Waals surface area contributed by atoms with E-state index in [1.54, 1.807) is 13.2 Å². The molecule has 0 radical (unpaired) electrons. The number of hydrogen-bond donors (Lipinski definition) is 1. The number of carboxylic acids is 1. The Morgan fingerprint density at radius 3 is 2.29 bits per heavy atom. The number of carboxylic acid groups (broad SMARTS) is 1. The minimum absolute atomic E-state index is 0.00481. The summed E-state index contributed by atoms with van der Waals surface area (Å²) in [6.07, 6.45) is 3.71. The first-order chi connectivity index (χ1) is 18.1. The molecule has 4 rings (SSSR count). The minimum Gasteiger partial charge on any atom is -0.497 e. The summed E-state index contributed by atoms with van der Waals surface area (Å²) in [5.41, 5.74) is 5.17. The fourth-order valence-electron chi connectivity index (χ4n) is 4.34. The van der Waals surface area contributed by atoms with Gasteiger partial charge in [-0.15, -0.1) is 0 Å². The molecule has 1 heterocycles. The molecule has 38 heavy (non-hydrogen) atoms. The molecule has 1 aromatic heterocycles. The van der Waals surface area contributed by atoms with Crippen molar-refractivity contribution < 1.29 is 24.2 Å². The number of ether oxygens (including phenoxy) is 2. The number of hydrogen-bond acceptors (Lipinski definition) is 4. The van der Waals surface area contributed by atoms with Crippen LogP contribution < -0.4 is 4.74 Å². The van der Waals surface area contributed by atoms with E-state index >= 15 is 0 Å². The van der Waals surface area contributed by atoms with Gasteiger partial charge in [0, 0.05) is 29.3 Å². The number of fused-ring (bicyclic) bond motifs is 1. The molecule has 0 fully saturated rings. The Morgan fingerprint density at radius 2 is 1.66 bits per heavy atom. The highest BCUT2D eigenvalue weighted by atomic mass is 16.5. The van der Waals surface area contributed by atoms with Crippen molar-refractivity contribution in [3.8, 4) is 5.75 Å². The van der Waals surface area contributed by atoms with Gasteiger partial charge < -0.3 is 19.1 Å². The van der Waals surface area contributed by atoms with Crippen LogP contribution in [0.3, 0.4) is 0 Å². The van der Waals surface area contributed by atoms with E-state index in [0.717, 1.165) is 39.0 Å². The number of methoxy groups -OCH3 is 1. The lowest BCUT2D eigenvalue weighted by molar-refractivity contribution is -0.159. The molecule has 0 aliphatic carbocycles. The fourth-order valence-corrected chi connectivity index (χ4v) is 4.34. The molecule has 0 saturated heterocycles. The highest BCUT2D eigenvalue weighted by Gasteiger charge is 2.27. The number of carbonyl (C=O) groups excluding carboxylic acids is 1. The Hall–Kier alpha value is -4.16. The van der Waals surface area contributed by atoms with Gasteiger partial charge in [-0.2, -0.15) is 0 Å². The van der Waals surface area contributed by atoms with Gasteiger partial charge in [0.05, 0.1) is 24.8 Å². The maximum atomic E-state index is 13.6. The van der Waals surface area contributed by atoms with Crippen LogP contribution in [0.2, 0.25) is 0 Å². The Morgan fingerprint density at radius 1 is 0.974 bits per heavy atom. The zero-order valence-electron chi connectivity index (χ0n) is 22.4. The lowest BCUT2D eigenvalue weighted by Gasteiger charge is -2.18. The van der Waals surface area contributed by atoms with Gasteiger partial charge in [0.2, 0.25) is 0 Å². The summed E-state index contributed by atoms with van der Waals surface area (Å²) in [6.45, 7) is 7.85. The Balaban J connectivity index is 1.60. The van der Waals surface area contributed by atoms with Crippen LogP contribution in [0.1, 0.15) is 52.2 Å². The number of nitrogens with zero attached hydrogens (tertiary/aromatic N) is 1. The molecule has 0 atom stereocenters. The molecule has 0 saturated carbocycles. The first-order valence-electron chi connectivity index (χ1n) is 12.5. The van der Waals surface area contributed by atoms with Crippen molar-refractivity contribution >= 4 is 28.7 Å². The molecule has 0 bridgehead atoms. The van der Waals surface area contributed by atoms with Gasteiger partial charge in [-0.3, -0.25) is 4.79 Å². The van der Waals surface area contributed by atoms with E-state index in [2.05, 4.69) is 16.7 Å². The second kappa shape index (κ2) is 11.1. The first-order valence-corrected chi connectivity index (χ1v) is 12.5. The molecule has 0 spiro atoms. The number of aromatic nitrogens is 1. The summed E-state index contributed by atoms with van der Waals surface area (Å²) in [4.78, 5) is 24.7. The second-order valence-corrected chi connectivity index (χ2v) is 9.90. The number of benzene rings is 3. The molecule has 3 aromatic carbocycles. The number of carbonyl (C=O) groups is 2. The predicted molar refractivity (Wildman–Crippen MR) is 150 cm³/mol. The van der Waals surface area contributed by atoms with Crippen molar-refractivity contribution in [2.24, 2.45) is 0 Å². The monoisotopic (exact) mass is 511 g/mol. The summed E-state index contributed by atoms with van der Waals surface area (Å²) in [5, 5.41) is 10.0. The van der Waals surface area contributed by atoms with Crippen LogP contribution in [0, 0.1) is 13.8 Å². The third-order valence-corrected chi connectivity index (χ3v) is 6.76. The van der Waals surface area contributed by atoms with Gasteiger partial charge in [-0.1, -0.05) is 66.2 Å². The number of rotatable bonds is 10. The number of aryl methyl sites for hydroxylation is 1. The van der Waals surface area contributed by atoms with Crippen LogP contribution >= 0.6 is 0 Å². The third-order valence-electron chi connectivity index (χ3n) is 6.76. The minimum atomic E-state index is -1.23. The highest BCUT2D eigenvalue weighted by molar-refractivity contribution is 6.17. The van der Waals surface area contributed by atoms with Gasteiger partial charge >= 0.3 is 5.97 Å². The molecule has 6 heteroatoms. The standard InChI is InChI=1S/C32H33NO5/c1-21-8-14-25(15-9-21)30(34)29-22(2)33(28-19-26(37-5)16-17-27(28)29)20-24-12-10-23(11-13-24)7-6-18-38-32(3,4)31(35)36/h6-17,19H,18,20H2,1-5H3,(H,35,36)/b7-6+. The molecule has 0 unspecified atom stereocenters. The fraction of sp³-hybridized carbons (Fsp3) is 0.250. The summed E-state index contributed by atoms with van der Waals surface area (Å²) in [6, 6.07) is 21.6. The van der Waals surface area contributed by atoms with Crippen molar-refractivity contribution in [1.82, 2.24) is 4.57 Å². The van der Waals surface area contributed by atoms with Crippen LogP contribution in [-0.2, 0) is 16.1 Å². The Kier molecular flexibility index (Phi) is 7.83. The topological polar surface area (TPSA) is 77.8 Å². The summed E-state index contributed by atoms with van der Waals surface area (Å²) in [5.74, 6) is -0.256. The molecular weight excluding hydrogens is 478 g/mol. The van der Waals surface area contributed by atoms with Crippen molar-refractivity contribution in [1.29, 1.82) is 0 Å². The molecule has 0 aliphatic heterocycles. The molecule has 6 nitrogen and oxygen atoms in total. The zero-order chi connectivity index (χ0) is 27.4. The largest absolute Gasteiger partial charge is 0.497 e. The normalized spacial score (nSPS) is 11.8. The van der Waals surface area contributed by atoms with E-state index in [-0.39, 0.29) is 12.4 Å². The van der Waals surface area contributed by atoms with Crippen LogP contribution in [0.4, 0.5) is 0 Å². The smallest absolute Gasteiger partial charge is 0.335 e. The van der Waals surface area contributed by atoms with Crippen molar-refractivity contribution in [3.05, 3.63) is 106 Å².